The average molecular weight is 214 g/mol. The van der Waals surface area contributed by atoms with Crippen molar-refractivity contribution in [2.45, 2.75) is 26.1 Å². The summed E-state index contributed by atoms with van der Waals surface area (Å²) in [4.78, 5) is 11.1. The van der Waals surface area contributed by atoms with Crippen LogP contribution in [0, 0.1) is 0 Å². The Labute approximate surface area is 106 Å². The summed E-state index contributed by atoms with van der Waals surface area (Å²) in [6.45, 7) is 6.81. The van der Waals surface area contributed by atoms with Gasteiger partial charge in [0.1, 0.15) is 0 Å². The van der Waals surface area contributed by atoms with Crippen LogP contribution in [0.4, 0.5) is 4.39 Å². The van der Waals surface area contributed by atoms with E-state index < -0.39 is 11.8 Å². The number of hydrogen-bond donors (Lipinski definition) is 0. The summed E-state index contributed by atoms with van der Waals surface area (Å²) in [5, 5.41) is 0. The van der Waals surface area contributed by atoms with Crippen LogP contribution in [-0.4, -0.2) is 54.6 Å². The molecule has 0 saturated carbocycles. The number of ether oxygens (including phenoxy) is 2. The molecule has 0 aromatic heterocycles. The molecule has 0 aliphatic carbocycles. The predicted octanol–water partition coefficient (Wildman–Crippen LogP) is 1.18. The fourth-order valence-corrected chi connectivity index (χ4v) is 0.854. The Balaban J connectivity index is 0. The van der Waals surface area contributed by atoms with Crippen molar-refractivity contribution in [1.82, 2.24) is 0 Å². The molecule has 0 saturated heterocycles. The summed E-state index contributed by atoms with van der Waals surface area (Å²) in [6.07, 6.45) is 1.09. The van der Waals surface area contributed by atoms with E-state index in [4.69, 9.17) is 0 Å². The first-order valence-corrected chi connectivity index (χ1v) is 4.21. The van der Waals surface area contributed by atoms with Gasteiger partial charge in [0.25, 0.3) is 0 Å². The third-order valence-corrected chi connectivity index (χ3v) is 1.36. The summed E-state index contributed by atoms with van der Waals surface area (Å²) in [7, 11) is 0. The first kappa shape index (κ1) is 16.5. The molecule has 0 N–H and O–H groups in total. The third-order valence-electron chi connectivity index (χ3n) is 1.36. The molecular weight excluding hydrogens is 198 g/mol. The first-order chi connectivity index (χ1) is 6.10. The standard InChI is InChI=1S/C9H15FO3.Na.H/c1-4-7-9(10,13-6-3)8(11)12-5-2;;/h4H,1,5-7H2,2-3H3;;. The van der Waals surface area contributed by atoms with Gasteiger partial charge < -0.3 is 9.47 Å². The van der Waals surface area contributed by atoms with Crippen LogP contribution in [0.2, 0.25) is 0 Å². The first-order valence-electron chi connectivity index (χ1n) is 4.21. The van der Waals surface area contributed by atoms with E-state index in [-0.39, 0.29) is 49.2 Å². The third kappa shape index (κ3) is 5.10. The van der Waals surface area contributed by atoms with Crippen LogP contribution in [0.3, 0.4) is 0 Å². The van der Waals surface area contributed by atoms with Gasteiger partial charge in [-0.3, -0.25) is 0 Å². The Kier molecular flexibility index (Phi) is 9.93. The average Bonchev–Trinajstić information content (AvgIpc) is 2.05. The van der Waals surface area contributed by atoms with Gasteiger partial charge in [-0.25, -0.2) is 4.79 Å². The number of hydrogen-bond acceptors (Lipinski definition) is 3. The summed E-state index contributed by atoms with van der Waals surface area (Å²) < 4.78 is 22.8. The Morgan fingerprint density at radius 1 is 1.50 bits per heavy atom. The maximum absolute atomic E-state index is 13.6. The van der Waals surface area contributed by atoms with Crippen molar-refractivity contribution in [3.8, 4) is 0 Å². The van der Waals surface area contributed by atoms with Gasteiger partial charge in [-0.15, -0.1) is 6.58 Å². The monoisotopic (exact) mass is 214 g/mol. The van der Waals surface area contributed by atoms with Crippen molar-refractivity contribution in [3.63, 3.8) is 0 Å². The van der Waals surface area contributed by atoms with Crippen molar-refractivity contribution >= 4 is 35.5 Å². The molecule has 78 valence electrons. The van der Waals surface area contributed by atoms with E-state index in [9.17, 15) is 9.18 Å². The number of esters is 1. The van der Waals surface area contributed by atoms with Crippen LogP contribution < -0.4 is 0 Å². The van der Waals surface area contributed by atoms with Gasteiger partial charge in [-0.2, -0.15) is 4.39 Å². The molecule has 0 amide bonds. The second-order valence-electron chi connectivity index (χ2n) is 2.37. The van der Waals surface area contributed by atoms with Crippen LogP contribution in [0.5, 0.6) is 0 Å². The molecule has 5 heteroatoms. The van der Waals surface area contributed by atoms with Gasteiger partial charge >= 0.3 is 41.4 Å². The predicted molar refractivity (Wildman–Crippen MR) is 54.1 cm³/mol. The van der Waals surface area contributed by atoms with Gasteiger partial charge in [0.05, 0.1) is 6.61 Å². The second kappa shape index (κ2) is 8.41. The molecule has 0 aliphatic heterocycles. The topological polar surface area (TPSA) is 35.5 Å². The Morgan fingerprint density at radius 2 is 2.07 bits per heavy atom. The Hall–Kier alpha value is 0.100. The van der Waals surface area contributed by atoms with E-state index >= 15 is 0 Å². The van der Waals surface area contributed by atoms with Crippen molar-refractivity contribution < 1.29 is 18.7 Å². The normalized spacial score (nSPS) is 13.6. The maximum atomic E-state index is 13.6. The van der Waals surface area contributed by atoms with E-state index in [2.05, 4.69) is 16.1 Å². The minimum atomic E-state index is -2.37. The van der Waals surface area contributed by atoms with E-state index in [0.29, 0.717) is 0 Å². The zero-order chi connectivity index (χ0) is 10.3. The molecule has 3 nitrogen and oxygen atoms in total. The van der Waals surface area contributed by atoms with Crippen LogP contribution in [0.15, 0.2) is 12.7 Å². The quantitative estimate of drug-likeness (QED) is 0.378. The molecule has 0 aliphatic rings. The molecule has 1 unspecified atom stereocenters. The summed E-state index contributed by atoms with van der Waals surface area (Å²) >= 11 is 0. The fraction of sp³-hybridized carbons (Fsp3) is 0.667. The van der Waals surface area contributed by atoms with Crippen molar-refractivity contribution in [2.24, 2.45) is 0 Å². The number of carbonyl (C=O) groups is 1. The number of rotatable bonds is 6. The summed E-state index contributed by atoms with van der Waals surface area (Å²) in [5.74, 6) is -3.36. The number of carbonyl (C=O) groups excluding carboxylic acids is 1. The molecule has 0 radical (unpaired) electrons. The van der Waals surface area contributed by atoms with Crippen LogP contribution in [-0.2, 0) is 14.3 Å². The van der Waals surface area contributed by atoms with Crippen LogP contribution in [0.1, 0.15) is 20.3 Å². The molecule has 0 heterocycles. The second-order valence-corrected chi connectivity index (χ2v) is 2.37. The van der Waals surface area contributed by atoms with Crippen molar-refractivity contribution in [2.75, 3.05) is 13.2 Å². The molecular formula is C9H16FNaO3. The van der Waals surface area contributed by atoms with Gasteiger partial charge in [0.15, 0.2) is 0 Å². The van der Waals surface area contributed by atoms with E-state index in [1.807, 2.05) is 0 Å². The molecule has 0 spiro atoms. The van der Waals surface area contributed by atoms with E-state index in [1.165, 1.54) is 6.08 Å². The van der Waals surface area contributed by atoms with Gasteiger partial charge in [0, 0.05) is 13.0 Å². The fourth-order valence-electron chi connectivity index (χ4n) is 0.854. The Morgan fingerprint density at radius 3 is 2.43 bits per heavy atom. The molecule has 0 rings (SSSR count). The molecule has 0 bridgehead atoms. The molecule has 0 aromatic rings. The zero-order valence-corrected chi connectivity index (χ0v) is 8.01. The molecule has 14 heavy (non-hydrogen) atoms. The summed E-state index contributed by atoms with van der Waals surface area (Å²) in [6, 6.07) is 0. The van der Waals surface area contributed by atoms with Crippen molar-refractivity contribution in [1.29, 1.82) is 0 Å². The van der Waals surface area contributed by atoms with Gasteiger partial charge in [-0.1, -0.05) is 6.08 Å². The molecule has 1 atom stereocenters. The SMILES string of the molecule is C=CCC(F)(OCC)C(=O)OCC.[NaH]. The molecule has 0 aromatic carbocycles. The van der Waals surface area contributed by atoms with E-state index in [1.54, 1.807) is 13.8 Å². The Bertz CT molecular complexity index is 187. The van der Waals surface area contributed by atoms with E-state index in [0.717, 1.165) is 0 Å². The van der Waals surface area contributed by atoms with Gasteiger partial charge in [0.2, 0.25) is 0 Å². The van der Waals surface area contributed by atoms with Crippen LogP contribution >= 0.6 is 0 Å². The number of alkyl halides is 1. The van der Waals surface area contributed by atoms with Crippen LogP contribution in [0.25, 0.3) is 0 Å². The molecule has 0 fully saturated rings. The zero-order valence-electron chi connectivity index (χ0n) is 8.01. The van der Waals surface area contributed by atoms with Crippen molar-refractivity contribution in [3.05, 3.63) is 12.7 Å². The minimum absolute atomic E-state index is 0. The number of halogens is 1. The summed E-state index contributed by atoms with van der Waals surface area (Å²) in [5.41, 5.74) is 0. The van der Waals surface area contributed by atoms with Gasteiger partial charge in [-0.05, 0) is 13.8 Å².